The lowest BCUT2D eigenvalue weighted by molar-refractivity contribution is -0.150. The highest BCUT2D eigenvalue weighted by Crippen LogP contribution is 2.41. The lowest BCUT2D eigenvalue weighted by atomic mass is 9.86. The standard InChI is InChI=1S/C24H30O.C7H14O2/c1-4-9-18-14-15-23-22(16-18)24(19(10-5-2)11-6-3)21-13-8-7-12-20(21)17-25-23;1-5-7(2,3)6(8)9-4/h7-8,12-16H,4-6,9-11,17H2,1-3H3;5H2,1-4H3. The molecule has 0 aliphatic carbocycles. The van der Waals surface area contributed by atoms with Crippen molar-refractivity contribution < 1.29 is 14.3 Å². The fourth-order valence-electron chi connectivity index (χ4n) is 4.31. The smallest absolute Gasteiger partial charge is 0.311 e. The second-order valence-corrected chi connectivity index (χ2v) is 9.73. The molecule has 1 aliphatic rings. The van der Waals surface area contributed by atoms with Gasteiger partial charge in [0.05, 0.1) is 12.5 Å². The van der Waals surface area contributed by atoms with Crippen LogP contribution in [0.5, 0.6) is 5.75 Å². The van der Waals surface area contributed by atoms with Crippen LogP contribution in [0, 0.1) is 5.41 Å². The first-order valence-electron chi connectivity index (χ1n) is 13.0. The van der Waals surface area contributed by atoms with Crippen molar-refractivity contribution in [1.82, 2.24) is 0 Å². The third-order valence-corrected chi connectivity index (χ3v) is 6.60. The normalized spacial score (nSPS) is 12.4. The second-order valence-electron chi connectivity index (χ2n) is 9.73. The molecule has 0 unspecified atom stereocenters. The summed E-state index contributed by atoms with van der Waals surface area (Å²) in [5, 5.41) is 0. The number of rotatable bonds is 8. The minimum absolute atomic E-state index is 0.134. The van der Waals surface area contributed by atoms with E-state index in [2.05, 4.69) is 68.0 Å². The molecule has 0 saturated carbocycles. The van der Waals surface area contributed by atoms with E-state index >= 15 is 0 Å². The molecule has 3 nitrogen and oxygen atoms in total. The quantitative estimate of drug-likeness (QED) is 0.367. The number of aryl methyl sites for hydroxylation is 1. The number of ether oxygens (including phenoxy) is 2. The Morgan fingerprint density at radius 2 is 1.62 bits per heavy atom. The molecule has 0 bridgehead atoms. The van der Waals surface area contributed by atoms with Gasteiger partial charge in [0.2, 0.25) is 0 Å². The van der Waals surface area contributed by atoms with E-state index in [1.807, 2.05) is 20.8 Å². The minimum Gasteiger partial charge on any atom is -0.488 e. The maximum Gasteiger partial charge on any atom is 0.311 e. The van der Waals surface area contributed by atoms with Gasteiger partial charge in [-0.1, -0.05) is 82.9 Å². The first-order valence-corrected chi connectivity index (χ1v) is 13.0. The molecule has 1 aliphatic heterocycles. The fourth-order valence-corrected chi connectivity index (χ4v) is 4.31. The SMILES string of the molecule is CCC(C)(C)C(=O)OC.CCCC(CCC)=C1c2ccccc2COc2ccc(CCC)cc21. The summed E-state index contributed by atoms with van der Waals surface area (Å²) in [5.41, 5.74) is 8.08. The van der Waals surface area contributed by atoms with Crippen LogP contribution in [0.3, 0.4) is 0 Å². The minimum atomic E-state index is -0.311. The van der Waals surface area contributed by atoms with Crippen LogP contribution < -0.4 is 4.74 Å². The van der Waals surface area contributed by atoms with Crippen LogP contribution in [0.4, 0.5) is 0 Å². The highest BCUT2D eigenvalue weighted by Gasteiger charge is 2.25. The van der Waals surface area contributed by atoms with E-state index in [0.717, 1.165) is 31.4 Å². The number of carbonyl (C=O) groups is 1. The number of hydrogen-bond acceptors (Lipinski definition) is 3. The third-order valence-electron chi connectivity index (χ3n) is 6.60. The molecule has 0 atom stereocenters. The van der Waals surface area contributed by atoms with E-state index in [4.69, 9.17) is 4.74 Å². The highest BCUT2D eigenvalue weighted by atomic mass is 16.5. The number of hydrogen-bond donors (Lipinski definition) is 0. The van der Waals surface area contributed by atoms with E-state index in [-0.39, 0.29) is 11.4 Å². The van der Waals surface area contributed by atoms with E-state index < -0.39 is 0 Å². The van der Waals surface area contributed by atoms with Crippen molar-refractivity contribution in [1.29, 1.82) is 0 Å². The zero-order chi connectivity index (χ0) is 25.1. The molecule has 0 aromatic heterocycles. The highest BCUT2D eigenvalue weighted by molar-refractivity contribution is 5.87. The number of allylic oxidation sites excluding steroid dienone is 1. The molecule has 0 spiro atoms. The molecule has 0 radical (unpaired) electrons. The van der Waals surface area contributed by atoms with Crippen LogP contribution in [-0.4, -0.2) is 13.1 Å². The molecule has 186 valence electrons. The second kappa shape index (κ2) is 13.4. The Kier molecular flexibility index (Phi) is 10.9. The Labute approximate surface area is 207 Å². The van der Waals surface area contributed by atoms with Gasteiger partial charge in [-0.3, -0.25) is 4.79 Å². The van der Waals surface area contributed by atoms with E-state index in [0.29, 0.717) is 6.61 Å². The van der Waals surface area contributed by atoms with Gasteiger partial charge in [-0.15, -0.1) is 0 Å². The van der Waals surface area contributed by atoms with Gasteiger partial charge in [0.1, 0.15) is 12.4 Å². The fraction of sp³-hybridized carbons (Fsp3) is 0.516. The molecule has 3 heteroatoms. The first-order chi connectivity index (χ1) is 16.3. The molecule has 0 fully saturated rings. The summed E-state index contributed by atoms with van der Waals surface area (Å²) in [6, 6.07) is 15.6. The van der Waals surface area contributed by atoms with Crippen LogP contribution in [0.1, 0.15) is 102 Å². The Hall–Kier alpha value is -2.55. The van der Waals surface area contributed by atoms with Crippen LogP contribution >= 0.6 is 0 Å². The van der Waals surface area contributed by atoms with Crippen molar-refractivity contribution >= 4 is 11.5 Å². The Morgan fingerprint density at radius 3 is 2.18 bits per heavy atom. The molecule has 3 rings (SSSR count). The van der Waals surface area contributed by atoms with Crippen LogP contribution in [0.25, 0.3) is 5.57 Å². The van der Waals surface area contributed by atoms with Gasteiger partial charge in [0, 0.05) is 5.56 Å². The average molecular weight is 465 g/mol. The molecule has 1 heterocycles. The summed E-state index contributed by atoms with van der Waals surface area (Å²) < 4.78 is 10.8. The number of esters is 1. The summed E-state index contributed by atoms with van der Waals surface area (Å²) in [5.74, 6) is 0.903. The predicted octanol–water partition coefficient (Wildman–Crippen LogP) is 8.53. The number of carbonyl (C=O) groups excluding carboxylic acids is 1. The maximum absolute atomic E-state index is 10.8. The van der Waals surface area contributed by atoms with E-state index in [1.54, 1.807) is 5.57 Å². The molecular weight excluding hydrogens is 420 g/mol. The predicted molar refractivity (Wildman–Crippen MR) is 143 cm³/mol. The average Bonchev–Trinajstić information content (AvgIpc) is 3.00. The molecule has 34 heavy (non-hydrogen) atoms. The molecule has 0 amide bonds. The van der Waals surface area contributed by atoms with E-state index in [9.17, 15) is 4.79 Å². The van der Waals surface area contributed by atoms with Gasteiger partial charge in [-0.2, -0.15) is 0 Å². The number of benzene rings is 2. The van der Waals surface area contributed by atoms with Gasteiger partial charge in [-0.25, -0.2) is 0 Å². The Balaban J connectivity index is 0.000000387. The molecule has 2 aromatic carbocycles. The van der Waals surface area contributed by atoms with Crippen molar-refractivity contribution in [3.63, 3.8) is 0 Å². The molecule has 0 N–H and O–H groups in total. The van der Waals surface area contributed by atoms with Gasteiger partial charge >= 0.3 is 5.97 Å². The summed E-state index contributed by atoms with van der Waals surface area (Å²) in [6.45, 7) is 13.2. The first kappa shape index (κ1) is 27.7. The largest absolute Gasteiger partial charge is 0.488 e. The van der Waals surface area contributed by atoms with Crippen LogP contribution in [0.2, 0.25) is 0 Å². The van der Waals surface area contributed by atoms with Gasteiger partial charge in [-0.05, 0) is 73.9 Å². The molecular formula is C31H44O3. The summed E-state index contributed by atoms with van der Waals surface area (Å²) in [4.78, 5) is 10.8. The summed E-state index contributed by atoms with van der Waals surface area (Å²) in [6.07, 6.45) is 7.81. The molecule has 2 aromatic rings. The van der Waals surface area contributed by atoms with Crippen molar-refractivity contribution in [2.45, 2.75) is 93.1 Å². The monoisotopic (exact) mass is 464 g/mol. The van der Waals surface area contributed by atoms with Crippen LogP contribution in [0.15, 0.2) is 48.0 Å². The lowest BCUT2D eigenvalue weighted by Crippen LogP contribution is -2.24. The zero-order valence-electron chi connectivity index (χ0n) is 22.4. The van der Waals surface area contributed by atoms with Crippen LogP contribution in [-0.2, 0) is 22.6 Å². The summed E-state index contributed by atoms with van der Waals surface area (Å²) >= 11 is 0. The van der Waals surface area contributed by atoms with Crippen molar-refractivity contribution in [2.24, 2.45) is 5.41 Å². The van der Waals surface area contributed by atoms with Gasteiger partial charge < -0.3 is 9.47 Å². The maximum atomic E-state index is 10.8. The third kappa shape index (κ3) is 6.98. The van der Waals surface area contributed by atoms with Crippen molar-refractivity contribution in [2.75, 3.05) is 7.11 Å². The number of fused-ring (bicyclic) bond motifs is 2. The number of methoxy groups -OCH3 is 1. The topological polar surface area (TPSA) is 35.5 Å². The van der Waals surface area contributed by atoms with E-state index in [1.165, 1.54) is 54.2 Å². The zero-order valence-corrected chi connectivity index (χ0v) is 22.4. The van der Waals surface area contributed by atoms with Gasteiger partial charge in [0.15, 0.2) is 0 Å². The lowest BCUT2D eigenvalue weighted by Gasteiger charge is -2.18. The van der Waals surface area contributed by atoms with Gasteiger partial charge in [0.25, 0.3) is 0 Å². The molecule has 0 saturated heterocycles. The van der Waals surface area contributed by atoms with Crippen molar-refractivity contribution in [3.8, 4) is 5.75 Å². The Morgan fingerprint density at radius 1 is 0.941 bits per heavy atom. The Bertz CT molecular complexity index is 960. The van der Waals surface area contributed by atoms with Crippen molar-refractivity contribution in [3.05, 3.63) is 70.3 Å². The summed E-state index contributed by atoms with van der Waals surface area (Å²) in [7, 11) is 1.42.